The van der Waals surface area contributed by atoms with Crippen LogP contribution in [-0.2, 0) is 11.3 Å². The summed E-state index contributed by atoms with van der Waals surface area (Å²) in [5, 5.41) is 5.18. The average Bonchev–Trinajstić information content (AvgIpc) is 2.25. The highest BCUT2D eigenvalue weighted by Gasteiger charge is 2.20. The summed E-state index contributed by atoms with van der Waals surface area (Å²) in [6, 6.07) is 6.38. The van der Waals surface area contributed by atoms with Crippen molar-refractivity contribution in [3.63, 3.8) is 0 Å². The number of hydrogen-bond acceptors (Lipinski definition) is 3. The number of carbonyl (C=O) groups is 2. The Hall–Kier alpha value is -2.08. The van der Waals surface area contributed by atoms with Crippen LogP contribution < -0.4 is 22.1 Å². The second kappa shape index (κ2) is 5.50. The van der Waals surface area contributed by atoms with Gasteiger partial charge in [-0.1, -0.05) is 12.1 Å². The summed E-state index contributed by atoms with van der Waals surface area (Å²) in [4.78, 5) is 22.2. The molecule has 1 aromatic rings. The second-order valence-corrected chi connectivity index (χ2v) is 4.59. The molecular formula is C12H18N4O2. The Morgan fingerprint density at radius 1 is 1.22 bits per heavy atom. The molecule has 0 aliphatic rings. The summed E-state index contributed by atoms with van der Waals surface area (Å²) in [5.41, 5.74) is 11.3. The molecule has 3 amide bonds. The number of amides is 3. The lowest BCUT2D eigenvalue weighted by molar-refractivity contribution is -0.125. The van der Waals surface area contributed by atoms with Crippen LogP contribution in [0.2, 0.25) is 0 Å². The number of urea groups is 1. The summed E-state index contributed by atoms with van der Waals surface area (Å²) < 4.78 is 0. The first kappa shape index (κ1) is 14.0. The highest BCUT2D eigenvalue weighted by atomic mass is 16.2. The van der Waals surface area contributed by atoms with Crippen molar-refractivity contribution in [2.75, 3.05) is 5.32 Å². The van der Waals surface area contributed by atoms with Crippen LogP contribution in [0.1, 0.15) is 19.4 Å². The van der Waals surface area contributed by atoms with Gasteiger partial charge in [0.2, 0.25) is 5.91 Å². The van der Waals surface area contributed by atoms with E-state index in [1.54, 1.807) is 38.1 Å². The Bertz CT molecular complexity index is 434. The fraction of sp³-hybridized carbons (Fsp3) is 0.333. The minimum absolute atomic E-state index is 0.221. The number of benzene rings is 1. The molecule has 6 N–H and O–H groups in total. The van der Waals surface area contributed by atoms with Crippen LogP contribution in [0.4, 0.5) is 10.5 Å². The average molecular weight is 250 g/mol. The van der Waals surface area contributed by atoms with Crippen molar-refractivity contribution in [3.05, 3.63) is 29.8 Å². The normalized spacial score (nSPS) is 10.8. The van der Waals surface area contributed by atoms with E-state index in [4.69, 9.17) is 11.5 Å². The molecule has 0 radical (unpaired) electrons. The van der Waals surface area contributed by atoms with Gasteiger partial charge in [-0.15, -0.1) is 0 Å². The largest absolute Gasteiger partial charge is 0.351 e. The van der Waals surface area contributed by atoms with Gasteiger partial charge in [0.15, 0.2) is 0 Å². The number of hydrogen-bond donors (Lipinski definition) is 4. The lowest BCUT2D eigenvalue weighted by Crippen LogP contribution is -2.48. The van der Waals surface area contributed by atoms with Crippen LogP contribution in [0.3, 0.4) is 0 Å². The summed E-state index contributed by atoms with van der Waals surface area (Å²) in [7, 11) is 0. The lowest BCUT2D eigenvalue weighted by Gasteiger charge is -2.17. The van der Waals surface area contributed by atoms with E-state index in [0.717, 1.165) is 5.56 Å². The minimum Gasteiger partial charge on any atom is -0.351 e. The van der Waals surface area contributed by atoms with Gasteiger partial charge in [-0.3, -0.25) is 4.79 Å². The number of rotatable bonds is 4. The smallest absolute Gasteiger partial charge is 0.316 e. The molecule has 0 aromatic heterocycles. The molecule has 6 heteroatoms. The first-order chi connectivity index (χ1) is 8.29. The molecule has 0 saturated heterocycles. The van der Waals surface area contributed by atoms with E-state index in [0.29, 0.717) is 12.2 Å². The summed E-state index contributed by atoms with van der Waals surface area (Å²) in [6.07, 6.45) is 0. The molecule has 0 spiro atoms. The SMILES string of the molecule is CC(C)(N)C(=O)NCc1ccc(NC(N)=O)cc1. The van der Waals surface area contributed by atoms with Gasteiger partial charge in [-0.05, 0) is 31.5 Å². The molecule has 0 fully saturated rings. The predicted molar refractivity (Wildman–Crippen MR) is 69.8 cm³/mol. The van der Waals surface area contributed by atoms with E-state index in [2.05, 4.69) is 10.6 Å². The van der Waals surface area contributed by atoms with E-state index in [-0.39, 0.29) is 5.91 Å². The van der Waals surface area contributed by atoms with Crippen LogP contribution in [0.15, 0.2) is 24.3 Å². The molecule has 6 nitrogen and oxygen atoms in total. The van der Waals surface area contributed by atoms with Gasteiger partial charge in [0.05, 0.1) is 5.54 Å². The highest BCUT2D eigenvalue weighted by Crippen LogP contribution is 2.09. The van der Waals surface area contributed by atoms with Crippen molar-refractivity contribution < 1.29 is 9.59 Å². The summed E-state index contributed by atoms with van der Waals surface area (Å²) >= 11 is 0. The van der Waals surface area contributed by atoms with E-state index in [1.165, 1.54) is 0 Å². The van der Waals surface area contributed by atoms with Gasteiger partial charge < -0.3 is 22.1 Å². The van der Waals surface area contributed by atoms with Gasteiger partial charge in [-0.2, -0.15) is 0 Å². The zero-order chi connectivity index (χ0) is 13.8. The number of nitrogens with two attached hydrogens (primary N) is 2. The van der Waals surface area contributed by atoms with Crippen LogP contribution in [0.25, 0.3) is 0 Å². The molecule has 0 unspecified atom stereocenters. The van der Waals surface area contributed by atoms with E-state index >= 15 is 0 Å². The van der Waals surface area contributed by atoms with Crippen molar-refractivity contribution in [1.82, 2.24) is 5.32 Å². The highest BCUT2D eigenvalue weighted by molar-refractivity contribution is 5.87. The molecule has 0 saturated carbocycles. The van der Waals surface area contributed by atoms with E-state index in [1.807, 2.05) is 0 Å². The fourth-order valence-electron chi connectivity index (χ4n) is 1.26. The maximum atomic E-state index is 11.5. The maximum Gasteiger partial charge on any atom is 0.316 e. The molecule has 18 heavy (non-hydrogen) atoms. The molecule has 0 aliphatic carbocycles. The van der Waals surface area contributed by atoms with Crippen molar-refractivity contribution in [2.45, 2.75) is 25.9 Å². The molecule has 0 aliphatic heterocycles. The minimum atomic E-state index is -0.895. The quantitative estimate of drug-likeness (QED) is 0.625. The lowest BCUT2D eigenvalue weighted by atomic mass is 10.1. The predicted octanol–water partition coefficient (Wildman–Crippen LogP) is 0.531. The zero-order valence-electron chi connectivity index (χ0n) is 10.5. The third kappa shape index (κ3) is 4.42. The van der Waals surface area contributed by atoms with Crippen LogP contribution in [-0.4, -0.2) is 17.5 Å². The Morgan fingerprint density at radius 3 is 2.22 bits per heavy atom. The molecule has 1 aromatic carbocycles. The molecule has 98 valence electrons. The fourth-order valence-corrected chi connectivity index (χ4v) is 1.26. The first-order valence-corrected chi connectivity index (χ1v) is 5.51. The number of nitrogens with one attached hydrogen (secondary N) is 2. The van der Waals surface area contributed by atoms with Gasteiger partial charge >= 0.3 is 6.03 Å². The van der Waals surface area contributed by atoms with Gasteiger partial charge in [0.1, 0.15) is 0 Å². The Balaban J connectivity index is 2.54. The molecule has 0 bridgehead atoms. The first-order valence-electron chi connectivity index (χ1n) is 5.51. The number of anilines is 1. The number of carbonyl (C=O) groups excluding carboxylic acids is 2. The van der Waals surface area contributed by atoms with E-state index < -0.39 is 11.6 Å². The van der Waals surface area contributed by atoms with Crippen LogP contribution >= 0.6 is 0 Å². The van der Waals surface area contributed by atoms with Gasteiger partial charge in [-0.25, -0.2) is 4.79 Å². The Kier molecular flexibility index (Phi) is 4.28. The van der Waals surface area contributed by atoms with Crippen molar-refractivity contribution in [3.8, 4) is 0 Å². The van der Waals surface area contributed by atoms with Gasteiger partial charge in [0.25, 0.3) is 0 Å². The molecule has 0 heterocycles. The molecular weight excluding hydrogens is 232 g/mol. The Morgan fingerprint density at radius 2 is 1.78 bits per heavy atom. The Labute approximate surface area is 106 Å². The maximum absolute atomic E-state index is 11.5. The van der Waals surface area contributed by atoms with Crippen LogP contribution in [0.5, 0.6) is 0 Å². The van der Waals surface area contributed by atoms with Crippen molar-refractivity contribution >= 4 is 17.6 Å². The van der Waals surface area contributed by atoms with Crippen molar-refractivity contribution in [1.29, 1.82) is 0 Å². The zero-order valence-corrected chi connectivity index (χ0v) is 10.5. The number of primary amides is 1. The monoisotopic (exact) mass is 250 g/mol. The third-order valence-corrected chi connectivity index (χ3v) is 2.26. The summed E-state index contributed by atoms with van der Waals surface area (Å²) in [5.74, 6) is -0.221. The van der Waals surface area contributed by atoms with Crippen molar-refractivity contribution in [2.24, 2.45) is 11.5 Å². The van der Waals surface area contributed by atoms with Gasteiger partial charge in [0, 0.05) is 12.2 Å². The topological polar surface area (TPSA) is 110 Å². The van der Waals surface area contributed by atoms with E-state index in [9.17, 15) is 9.59 Å². The second-order valence-electron chi connectivity index (χ2n) is 4.59. The molecule has 0 atom stereocenters. The standard InChI is InChI=1S/C12H18N4O2/c1-12(2,14)10(17)15-7-8-3-5-9(6-4-8)16-11(13)18/h3-6H,7,14H2,1-2H3,(H,15,17)(H3,13,16,18). The van der Waals surface area contributed by atoms with Crippen LogP contribution in [0, 0.1) is 0 Å². The summed E-state index contributed by atoms with van der Waals surface area (Å²) in [6.45, 7) is 3.67. The molecule has 1 rings (SSSR count). The third-order valence-electron chi connectivity index (χ3n) is 2.26.